The van der Waals surface area contributed by atoms with Gasteiger partial charge in [0.05, 0.1) is 53.5 Å². The van der Waals surface area contributed by atoms with Crippen LogP contribution in [0.4, 0.5) is 30.8 Å². The average Bonchev–Trinajstić information content (AvgIpc) is 3.22. The monoisotopic (exact) mass is 1070 g/mol. The Kier molecular flexibility index (Phi) is 25.7. The van der Waals surface area contributed by atoms with E-state index < -0.39 is 61.6 Å². The van der Waals surface area contributed by atoms with Crippen LogP contribution in [0, 0.1) is 6.92 Å². The number of ether oxygens (including phenoxy) is 2. The summed E-state index contributed by atoms with van der Waals surface area (Å²) in [5, 5.41) is 16.4. The molecular formula is C43H60Cl3F3N9O11P. The summed E-state index contributed by atoms with van der Waals surface area (Å²) in [5.74, 6) is -1.07. The molecular weight excluding hydrogens is 1010 g/mol. The molecule has 0 saturated heterocycles. The van der Waals surface area contributed by atoms with Crippen molar-refractivity contribution in [2.75, 3.05) is 54.5 Å². The zero-order valence-corrected chi connectivity index (χ0v) is 43.6. The third-order valence-corrected chi connectivity index (χ3v) is 9.94. The molecule has 4 aromatic rings. The second kappa shape index (κ2) is 28.7. The first-order valence-corrected chi connectivity index (χ1v) is 24.2. The summed E-state index contributed by atoms with van der Waals surface area (Å²) in [5.41, 5.74) is -0.898. The van der Waals surface area contributed by atoms with E-state index in [4.69, 9.17) is 59.2 Å². The Hall–Kier alpha value is -5.13. The average molecular weight is 1070 g/mol. The van der Waals surface area contributed by atoms with Gasteiger partial charge < -0.3 is 39.9 Å². The van der Waals surface area contributed by atoms with Crippen molar-refractivity contribution in [1.82, 2.24) is 29.4 Å². The minimum atomic E-state index is -4.86. The number of esters is 1. The lowest BCUT2D eigenvalue weighted by molar-refractivity contribution is -0.144. The molecule has 390 valence electrons. The number of methoxy groups -OCH3 is 1. The predicted molar refractivity (Wildman–Crippen MR) is 263 cm³/mol. The number of alkyl halides is 4. The Morgan fingerprint density at radius 3 is 2.09 bits per heavy atom. The summed E-state index contributed by atoms with van der Waals surface area (Å²) < 4.78 is 59.8. The van der Waals surface area contributed by atoms with E-state index in [2.05, 4.69) is 43.9 Å². The molecule has 0 aliphatic heterocycles. The number of carboxylic acid groups (broad SMARTS) is 1. The van der Waals surface area contributed by atoms with Gasteiger partial charge in [-0.05, 0) is 103 Å². The molecule has 0 spiro atoms. The number of benzene rings is 2. The number of nitrogens with one attached hydrogen (secondary N) is 3. The quantitative estimate of drug-likeness (QED) is 0.0378. The van der Waals surface area contributed by atoms with E-state index in [0.717, 1.165) is 42.9 Å². The first-order valence-electron chi connectivity index (χ1n) is 21.1. The fourth-order valence-corrected chi connectivity index (χ4v) is 6.72. The molecule has 2 aromatic heterocycles. The predicted octanol–water partition coefficient (Wildman–Crippen LogP) is 6.90. The summed E-state index contributed by atoms with van der Waals surface area (Å²) in [6.45, 7) is 18.1. The SMILES string of the molecule is CC(C)OC(=O)c1cc(-n2c(=O)cc(C(F)(F)F)n(C)c2=O)ccc1Cl.CCNc1nc(Cl)nc(NC(C)(C)C)n1.CCc1cccc(C)c1N(C(=O)CCl)C(C)COC.O=C(O)CNCP(=O)(O)O. The van der Waals surface area contributed by atoms with Crippen LogP contribution in [0.15, 0.2) is 52.1 Å². The third-order valence-electron chi connectivity index (χ3n) is 8.58. The lowest BCUT2D eigenvalue weighted by atomic mass is 10.0. The maximum atomic E-state index is 12.9. The molecule has 4 rings (SSSR count). The Morgan fingerprint density at radius 2 is 1.59 bits per heavy atom. The van der Waals surface area contributed by atoms with Gasteiger partial charge in [-0.15, -0.1) is 11.6 Å². The standard InChI is InChI=1S/C16H14ClF3N2O4.C15H22ClNO2.C9H16ClN5.C3H8NO5P/c1-8(2)26-14(24)10-6-9(4-5-11(10)17)22-13(23)7-12(16(18,19)20)21(3)15(22)25;1-5-13-8-6-7-11(2)15(13)17(14(18)9-16)12(3)10-19-4;1-5-11-7-12-6(10)13-8(14-7)15-9(2,3)4;5-3(6)1-4-2-10(7,8)9/h4-8H,1-3H3;6-8,12H,5,9-10H2,1-4H3;5H2,1-4H3,(H2,11,12,13,14,15);4H,1-2H2,(H,5,6)(H2,7,8,9). The van der Waals surface area contributed by atoms with Gasteiger partial charge in [-0.1, -0.05) is 36.7 Å². The van der Waals surface area contributed by atoms with Gasteiger partial charge in [0.2, 0.25) is 23.1 Å². The molecule has 1 amide bonds. The topological polar surface area (TPSA) is 269 Å². The van der Waals surface area contributed by atoms with Crippen LogP contribution in [0.2, 0.25) is 10.3 Å². The number of hydrogen-bond acceptors (Lipinski definition) is 14. The Balaban J connectivity index is 0.000000493. The molecule has 0 aliphatic rings. The van der Waals surface area contributed by atoms with Gasteiger partial charge in [-0.3, -0.25) is 28.8 Å². The van der Waals surface area contributed by atoms with Crippen LogP contribution >= 0.6 is 42.4 Å². The number of aliphatic carboxylic acids is 1. The van der Waals surface area contributed by atoms with Crippen molar-refractivity contribution in [1.29, 1.82) is 0 Å². The third kappa shape index (κ3) is 21.5. The highest BCUT2D eigenvalue weighted by Crippen LogP contribution is 2.32. The highest BCUT2D eigenvalue weighted by atomic mass is 35.5. The minimum absolute atomic E-state index is 0.0104. The van der Waals surface area contributed by atoms with E-state index in [1.54, 1.807) is 25.9 Å². The second-order valence-electron chi connectivity index (χ2n) is 16.1. The van der Waals surface area contributed by atoms with E-state index in [9.17, 15) is 41.7 Å². The number of para-hydroxylation sites is 1. The fourth-order valence-electron chi connectivity index (χ4n) is 5.83. The number of aryl methyl sites for hydroxylation is 2. The number of carbonyl (C=O) groups is 3. The van der Waals surface area contributed by atoms with Gasteiger partial charge in [-0.2, -0.15) is 28.1 Å². The van der Waals surface area contributed by atoms with E-state index in [0.29, 0.717) is 33.7 Å². The molecule has 0 bridgehead atoms. The Morgan fingerprint density at radius 1 is 0.971 bits per heavy atom. The van der Waals surface area contributed by atoms with Crippen molar-refractivity contribution in [2.24, 2.45) is 7.05 Å². The van der Waals surface area contributed by atoms with Crippen LogP contribution in [-0.4, -0.2) is 113 Å². The van der Waals surface area contributed by atoms with Crippen molar-refractivity contribution in [2.45, 2.75) is 92.6 Å². The normalized spacial score (nSPS) is 11.7. The molecule has 0 saturated carbocycles. The zero-order valence-electron chi connectivity index (χ0n) is 40.4. The second-order valence-corrected chi connectivity index (χ2v) is 18.8. The van der Waals surface area contributed by atoms with E-state index in [1.807, 2.05) is 53.7 Å². The zero-order chi connectivity index (χ0) is 53.9. The van der Waals surface area contributed by atoms with Gasteiger partial charge >= 0.3 is 31.4 Å². The molecule has 1 atom stereocenters. The number of anilines is 3. The number of nitrogens with zero attached hydrogens (tertiary/aromatic N) is 6. The molecule has 0 fully saturated rings. The summed E-state index contributed by atoms with van der Waals surface area (Å²) in [7, 11) is -1.57. The van der Waals surface area contributed by atoms with Crippen LogP contribution in [-0.2, 0) is 43.3 Å². The molecule has 0 aliphatic carbocycles. The van der Waals surface area contributed by atoms with Gasteiger partial charge in [-0.25, -0.2) is 14.2 Å². The van der Waals surface area contributed by atoms with E-state index >= 15 is 0 Å². The molecule has 2 aromatic carbocycles. The molecule has 20 nitrogen and oxygen atoms in total. The number of aromatic nitrogens is 5. The number of rotatable bonds is 16. The molecule has 27 heteroatoms. The van der Waals surface area contributed by atoms with E-state index in [-0.39, 0.29) is 44.9 Å². The Bertz CT molecular complexity index is 2560. The number of amides is 1. The highest BCUT2D eigenvalue weighted by molar-refractivity contribution is 7.51. The largest absolute Gasteiger partial charge is 0.480 e. The molecule has 6 N–H and O–H groups in total. The first-order chi connectivity index (χ1) is 32.3. The maximum absolute atomic E-state index is 12.9. The van der Waals surface area contributed by atoms with Crippen LogP contribution < -0.4 is 32.1 Å². The van der Waals surface area contributed by atoms with E-state index in [1.165, 1.54) is 12.1 Å². The van der Waals surface area contributed by atoms with Gasteiger partial charge in [0.1, 0.15) is 11.6 Å². The molecule has 70 heavy (non-hydrogen) atoms. The number of hydrogen-bond donors (Lipinski definition) is 6. The summed E-state index contributed by atoms with van der Waals surface area (Å²) in [6.07, 6.45) is -5.02. The van der Waals surface area contributed by atoms with Crippen molar-refractivity contribution < 1.29 is 56.5 Å². The van der Waals surface area contributed by atoms with Crippen LogP contribution in [0.5, 0.6) is 0 Å². The maximum Gasteiger partial charge on any atom is 0.431 e. The van der Waals surface area contributed by atoms with Crippen molar-refractivity contribution in [3.63, 3.8) is 0 Å². The van der Waals surface area contributed by atoms with Crippen molar-refractivity contribution >= 4 is 77.8 Å². The lowest BCUT2D eigenvalue weighted by Crippen LogP contribution is -2.43. The number of halogens is 6. The fraction of sp³-hybridized carbons (Fsp3) is 0.488. The number of carbonyl (C=O) groups excluding carboxylic acids is 2. The van der Waals surface area contributed by atoms with Crippen LogP contribution in [0.1, 0.15) is 82.6 Å². The highest BCUT2D eigenvalue weighted by Gasteiger charge is 2.35. The van der Waals surface area contributed by atoms with Crippen LogP contribution in [0.25, 0.3) is 5.69 Å². The minimum Gasteiger partial charge on any atom is -0.480 e. The Labute approximate surface area is 418 Å². The van der Waals surface area contributed by atoms with Crippen molar-refractivity contribution in [3.05, 3.63) is 96.0 Å². The summed E-state index contributed by atoms with van der Waals surface area (Å²) in [4.78, 5) is 88.7. The van der Waals surface area contributed by atoms with Gasteiger partial charge in [0, 0.05) is 32.3 Å². The summed E-state index contributed by atoms with van der Waals surface area (Å²) in [6, 6.07) is 9.95. The smallest absolute Gasteiger partial charge is 0.431 e. The van der Waals surface area contributed by atoms with Gasteiger partial charge in [0.15, 0.2) is 0 Å². The molecule has 2 heterocycles. The number of carboxylic acids is 1. The van der Waals surface area contributed by atoms with Crippen LogP contribution in [0.3, 0.4) is 0 Å². The molecule has 1 unspecified atom stereocenters. The summed E-state index contributed by atoms with van der Waals surface area (Å²) >= 11 is 17.5. The van der Waals surface area contributed by atoms with Gasteiger partial charge in [0.25, 0.3) is 5.56 Å². The molecule has 0 radical (unpaired) electrons. The van der Waals surface area contributed by atoms with Crippen molar-refractivity contribution in [3.8, 4) is 5.69 Å². The first kappa shape index (κ1) is 62.9. The lowest BCUT2D eigenvalue weighted by Gasteiger charge is -2.31.